The molecule has 8 heteroatoms. The van der Waals surface area contributed by atoms with Crippen LogP contribution in [0.2, 0.25) is 0 Å². The predicted octanol–water partition coefficient (Wildman–Crippen LogP) is 6.48. The lowest BCUT2D eigenvalue weighted by molar-refractivity contribution is -0.230. The van der Waals surface area contributed by atoms with E-state index >= 15 is 0 Å². The van der Waals surface area contributed by atoms with Crippen LogP contribution in [-0.4, -0.2) is 40.8 Å². The number of hydrogen-bond donors (Lipinski definition) is 2. The second kappa shape index (κ2) is 8.59. The molecule has 186 valence electrons. The number of carbonyl (C=O) groups is 1. The van der Waals surface area contributed by atoms with Gasteiger partial charge in [0.1, 0.15) is 5.75 Å². The number of aromatic nitrogens is 1. The summed E-state index contributed by atoms with van der Waals surface area (Å²) in [5.74, 6) is -1.43. The summed E-state index contributed by atoms with van der Waals surface area (Å²) >= 11 is 0. The van der Waals surface area contributed by atoms with Crippen molar-refractivity contribution in [3.63, 3.8) is 0 Å². The molecule has 1 aliphatic heterocycles. The number of carboxylic acid groups (broad SMARTS) is 1. The Morgan fingerprint density at radius 1 is 1.20 bits per heavy atom. The Labute approximate surface area is 201 Å². The predicted molar refractivity (Wildman–Crippen MR) is 127 cm³/mol. The number of alkyl halides is 3. The third-order valence-electron chi connectivity index (χ3n) is 8.05. The highest BCUT2D eigenvalue weighted by Gasteiger charge is 2.57. The van der Waals surface area contributed by atoms with Crippen LogP contribution < -0.4 is 4.74 Å². The number of aryl methyl sites for hydroxylation is 1. The summed E-state index contributed by atoms with van der Waals surface area (Å²) < 4.78 is 45.6. The van der Waals surface area contributed by atoms with Gasteiger partial charge in [0.05, 0.1) is 18.6 Å². The molecule has 3 aromatic rings. The number of piperidine rings is 1. The van der Waals surface area contributed by atoms with Gasteiger partial charge in [-0.15, -0.1) is 0 Å². The summed E-state index contributed by atoms with van der Waals surface area (Å²) in [4.78, 5) is 16.9. The van der Waals surface area contributed by atoms with Crippen LogP contribution in [0.25, 0.3) is 10.9 Å². The van der Waals surface area contributed by atoms with Gasteiger partial charge in [0.15, 0.2) is 0 Å². The number of halogens is 3. The van der Waals surface area contributed by atoms with Crippen LogP contribution in [-0.2, 0) is 6.54 Å². The number of rotatable bonds is 5. The first-order valence-corrected chi connectivity index (χ1v) is 11.9. The fourth-order valence-corrected chi connectivity index (χ4v) is 6.12. The molecule has 2 heterocycles. The van der Waals surface area contributed by atoms with Crippen molar-refractivity contribution in [2.75, 3.05) is 13.7 Å². The highest BCUT2D eigenvalue weighted by atomic mass is 19.4. The molecular weight excluding hydrogens is 457 g/mol. The Hall–Kier alpha value is -3.00. The average Bonchev–Trinajstić information content (AvgIpc) is 3.29. The van der Waals surface area contributed by atoms with Gasteiger partial charge in [-0.3, -0.25) is 4.90 Å². The maximum Gasteiger partial charge on any atom is 0.391 e. The summed E-state index contributed by atoms with van der Waals surface area (Å²) in [7, 11) is 1.65. The van der Waals surface area contributed by atoms with Gasteiger partial charge in [-0.2, -0.15) is 13.2 Å². The van der Waals surface area contributed by atoms with Gasteiger partial charge in [-0.05, 0) is 80.0 Å². The molecule has 5 nitrogen and oxygen atoms in total. The molecular formula is C27H29F3N2O3. The van der Waals surface area contributed by atoms with Crippen molar-refractivity contribution >= 4 is 16.9 Å². The van der Waals surface area contributed by atoms with Crippen LogP contribution in [0.5, 0.6) is 5.75 Å². The molecule has 1 saturated heterocycles. The summed E-state index contributed by atoms with van der Waals surface area (Å²) in [6, 6.07) is 10.7. The van der Waals surface area contributed by atoms with Crippen molar-refractivity contribution in [3.8, 4) is 5.75 Å². The van der Waals surface area contributed by atoms with Crippen LogP contribution in [0, 0.1) is 18.3 Å². The highest BCUT2D eigenvalue weighted by Crippen LogP contribution is 2.60. The number of nitrogens with one attached hydrogen (secondary N) is 1. The maximum absolute atomic E-state index is 13.3. The smallest absolute Gasteiger partial charge is 0.391 e. The molecule has 1 aliphatic carbocycles. The number of benzene rings is 2. The zero-order chi connectivity index (χ0) is 25.0. The minimum absolute atomic E-state index is 0.110. The molecule has 0 amide bonds. The van der Waals surface area contributed by atoms with Gasteiger partial charge in [-0.25, -0.2) is 4.79 Å². The van der Waals surface area contributed by atoms with Crippen molar-refractivity contribution in [2.24, 2.45) is 11.3 Å². The van der Waals surface area contributed by atoms with Gasteiger partial charge < -0.3 is 14.8 Å². The first-order valence-electron chi connectivity index (χ1n) is 11.9. The Morgan fingerprint density at radius 2 is 1.91 bits per heavy atom. The topological polar surface area (TPSA) is 65.6 Å². The Bertz CT molecular complexity index is 1240. The fourth-order valence-electron chi connectivity index (χ4n) is 6.12. The molecule has 1 aromatic heterocycles. The lowest BCUT2D eigenvalue weighted by Gasteiger charge is -2.55. The molecule has 1 spiro atoms. The molecule has 5 rings (SSSR count). The van der Waals surface area contributed by atoms with E-state index in [1.165, 1.54) is 0 Å². The highest BCUT2D eigenvalue weighted by molar-refractivity contribution is 5.88. The SMILES string of the molecule is COc1cc(C)c2[nH]ccc2c1CN1CCC2(CC1c1ccc(C(=O)O)cc1)CC(C(F)(F)F)C2. The Kier molecular flexibility index (Phi) is 5.82. The van der Waals surface area contributed by atoms with E-state index in [1.54, 1.807) is 31.4 Å². The maximum atomic E-state index is 13.3. The molecule has 2 aliphatic rings. The van der Waals surface area contributed by atoms with Crippen LogP contribution >= 0.6 is 0 Å². The molecule has 1 saturated carbocycles. The Balaban J connectivity index is 1.48. The van der Waals surface area contributed by atoms with Gasteiger partial charge >= 0.3 is 12.1 Å². The molecule has 2 fully saturated rings. The van der Waals surface area contributed by atoms with E-state index in [9.17, 15) is 23.1 Å². The van der Waals surface area contributed by atoms with Crippen LogP contribution in [0.15, 0.2) is 42.6 Å². The molecule has 0 radical (unpaired) electrons. The third-order valence-corrected chi connectivity index (χ3v) is 8.05. The van der Waals surface area contributed by atoms with Crippen molar-refractivity contribution in [2.45, 2.75) is 51.4 Å². The van der Waals surface area contributed by atoms with Crippen molar-refractivity contribution in [1.29, 1.82) is 0 Å². The quantitative estimate of drug-likeness (QED) is 0.433. The molecule has 35 heavy (non-hydrogen) atoms. The number of likely N-dealkylation sites (tertiary alicyclic amines) is 1. The largest absolute Gasteiger partial charge is 0.496 e. The van der Waals surface area contributed by atoms with E-state index in [1.807, 2.05) is 25.3 Å². The number of aromatic carboxylic acids is 1. The lowest BCUT2D eigenvalue weighted by atomic mass is 9.55. The summed E-state index contributed by atoms with van der Waals surface area (Å²) in [5, 5.41) is 10.4. The zero-order valence-corrected chi connectivity index (χ0v) is 19.8. The summed E-state index contributed by atoms with van der Waals surface area (Å²) in [5.41, 5.74) is 3.97. The van der Waals surface area contributed by atoms with Gasteiger partial charge in [0.2, 0.25) is 0 Å². The standard InChI is InChI=1S/C27H29F3N2O3/c1-16-11-23(35-2)21(20-7-9-31-24(16)20)15-32-10-8-26(12-19(13-26)27(28,29)30)14-22(32)17-3-5-18(6-4-17)25(33)34/h3-7,9,11,19,22,31H,8,10,12-15H2,1-2H3,(H,33,34). The van der Waals surface area contributed by atoms with Crippen molar-refractivity contribution < 1.29 is 27.8 Å². The number of H-pyrrole nitrogens is 1. The Morgan fingerprint density at radius 3 is 2.54 bits per heavy atom. The zero-order valence-electron chi connectivity index (χ0n) is 19.8. The lowest BCUT2D eigenvalue weighted by Crippen LogP contribution is -2.51. The van der Waals surface area contributed by atoms with Crippen LogP contribution in [0.3, 0.4) is 0 Å². The minimum atomic E-state index is -4.14. The molecule has 1 atom stereocenters. The summed E-state index contributed by atoms with van der Waals surface area (Å²) in [6.45, 7) is 3.27. The molecule has 2 N–H and O–H groups in total. The first kappa shape index (κ1) is 23.7. The van der Waals surface area contributed by atoms with E-state index < -0.39 is 18.1 Å². The van der Waals surface area contributed by atoms with E-state index in [0.29, 0.717) is 25.9 Å². The van der Waals surface area contributed by atoms with Gasteiger partial charge in [0, 0.05) is 35.2 Å². The molecule has 2 aromatic carbocycles. The monoisotopic (exact) mass is 486 g/mol. The minimum Gasteiger partial charge on any atom is -0.496 e. The van der Waals surface area contributed by atoms with E-state index in [4.69, 9.17) is 4.74 Å². The number of carboxylic acids is 1. The van der Waals surface area contributed by atoms with Gasteiger partial charge in [0.25, 0.3) is 0 Å². The number of fused-ring (bicyclic) bond motifs is 1. The first-order chi connectivity index (χ1) is 16.6. The number of hydrogen-bond acceptors (Lipinski definition) is 3. The van der Waals surface area contributed by atoms with E-state index in [0.717, 1.165) is 33.3 Å². The van der Waals surface area contributed by atoms with Crippen molar-refractivity contribution in [1.82, 2.24) is 9.88 Å². The number of methoxy groups -OCH3 is 1. The second-order valence-electron chi connectivity index (χ2n) is 10.2. The number of aromatic amines is 1. The summed E-state index contributed by atoms with van der Waals surface area (Å²) in [6.07, 6.45) is -0.562. The number of nitrogens with zero attached hydrogens (tertiary/aromatic N) is 1. The van der Waals surface area contributed by atoms with Gasteiger partial charge in [-0.1, -0.05) is 12.1 Å². The molecule has 1 unspecified atom stereocenters. The van der Waals surface area contributed by atoms with E-state index in [2.05, 4.69) is 9.88 Å². The van der Waals surface area contributed by atoms with Crippen LogP contribution in [0.1, 0.15) is 58.8 Å². The average molecular weight is 487 g/mol. The fraction of sp³-hybridized carbons (Fsp3) is 0.444. The van der Waals surface area contributed by atoms with Crippen LogP contribution in [0.4, 0.5) is 13.2 Å². The van der Waals surface area contributed by atoms with Crippen molar-refractivity contribution in [3.05, 3.63) is 64.8 Å². The van der Waals surface area contributed by atoms with E-state index in [-0.39, 0.29) is 29.9 Å². The number of ether oxygens (including phenoxy) is 1. The second-order valence-corrected chi connectivity index (χ2v) is 10.2. The molecule has 0 bridgehead atoms. The third kappa shape index (κ3) is 4.29. The normalized spacial score (nSPS) is 25.1.